The van der Waals surface area contributed by atoms with E-state index in [9.17, 15) is 14.7 Å². The van der Waals surface area contributed by atoms with E-state index in [1.807, 2.05) is 13.8 Å². The number of likely N-dealkylation sites (tertiary alicyclic amines) is 1. The number of amides is 1. The Balaban J connectivity index is 2.12. The maximum atomic E-state index is 12.2. The second-order valence-corrected chi connectivity index (χ2v) is 6.59. The summed E-state index contributed by atoms with van der Waals surface area (Å²) < 4.78 is 5.89. The normalized spacial score (nSPS) is 26.5. The number of rotatable bonds is 2. The Morgan fingerprint density at radius 3 is 2.73 bits per heavy atom. The van der Waals surface area contributed by atoms with Crippen molar-refractivity contribution in [2.45, 2.75) is 51.4 Å². The van der Waals surface area contributed by atoms with Gasteiger partial charge in [0.2, 0.25) is 5.91 Å². The maximum absolute atomic E-state index is 12.2. The molecular weight excluding hydrogens is 282 g/mol. The van der Waals surface area contributed by atoms with Crippen LogP contribution < -0.4 is 4.74 Å². The fourth-order valence-electron chi connectivity index (χ4n) is 3.29. The fraction of sp³-hybridized carbons (Fsp3) is 0.529. The van der Waals surface area contributed by atoms with E-state index in [4.69, 9.17) is 4.74 Å². The van der Waals surface area contributed by atoms with Gasteiger partial charge in [-0.1, -0.05) is 0 Å². The van der Waals surface area contributed by atoms with Crippen molar-refractivity contribution in [2.24, 2.45) is 0 Å². The Morgan fingerprint density at radius 2 is 2.14 bits per heavy atom. The van der Waals surface area contributed by atoms with Crippen LogP contribution in [0.25, 0.3) is 0 Å². The molecule has 1 aromatic carbocycles. The minimum atomic E-state index is -0.843. The first-order chi connectivity index (χ1) is 10.3. The van der Waals surface area contributed by atoms with Crippen molar-refractivity contribution in [2.75, 3.05) is 6.54 Å². The summed E-state index contributed by atoms with van der Waals surface area (Å²) in [5.74, 6) is 0.625. The number of nitrogens with zero attached hydrogens (tertiary/aromatic N) is 1. The molecule has 1 fully saturated rings. The van der Waals surface area contributed by atoms with Gasteiger partial charge in [-0.3, -0.25) is 9.59 Å². The lowest BCUT2D eigenvalue weighted by molar-refractivity contribution is -0.139. The predicted octanol–water partition coefficient (Wildman–Crippen LogP) is 2.08. The van der Waals surface area contributed by atoms with Gasteiger partial charge in [-0.25, -0.2) is 0 Å². The lowest BCUT2D eigenvalue weighted by atomic mass is 9.84. The molecule has 1 amide bonds. The SMILES string of the molecule is CC(=O)c1ccc2c(c1)[C@@H](N1CCCC1=O)[C@H](O)C(C)(C)O2. The van der Waals surface area contributed by atoms with Crippen LogP contribution in [0.5, 0.6) is 5.75 Å². The maximum Gasteiger partial charge on any atom is 0.223 e. The zero-order valence-corrected chi connectivity index (χ0v) is 13.1. The molecule has 0 unspecified atom stereocenters. The molecule has 3 rings (SSSR count). The molecule has 2 atom stereocenters. The average Bonchev–Trinajstić information content (AvgIpc) is 2.85. The summed E-state index contributed by atoms with van der Waals surface area (Å²) in [6.45, 7) is 5.75. The molecule has 0 bridgehead atoms. The van der Waals surface area contributed by atoms with Gasteiger partial charge >= 0.3 is 0 Å². The number of hydrogen-bond donors (Lipinski definition) is 1. The van der Waals surface area contributed by atoms with E-state index in [-0.39, 0.29) is 11.7 Å². The van der Waals surface area contributed by atoms with Gasteiger partial charge in [-0.15, -0.1) is 0 Å². The Hall–Kier alpha value is -1.88. The van der Waals surface area contributed by atoms with Crippen LogP contribution in [0.4, 0.5) is 0 Å². The van der Waals surface area contributed by atoms with Gasteiger partial charge in [-0.2, -0.15) is 0 Å². The highest BCUT2D eigenvalue weighted by molar-refractivity contribution is 5.94. The van der Waals surface area contributed by atoms with E-state index in [2.05, 4.69) is 0 Å². The highest BCUT2D eigenvalue weighted by Gasteiger charge is 2.47. The van der Waals surface area contributed by atoms with Crippen LogP contribution in [-0.4, -0.2) is 39.9 Å². The lowest BCUT2D eigenvalue weighted by Crippen LogP contribution is -2.53. The second-order valence-electron chi connectivity index (χ2n) is 6.59. The molecule has 1 aromatic rings. The smallest absolute Gasteiger partial charge is 0.223 e. The van der Waals surface area contributed by atoms with E-state index >= 15 is 0 Å². The molecule has 0 aliphatic carbocycles. The molecule has 0 radical (unpaired) electrons. The monoisotopic (exact) mass is 303 g/mol. The van der Waals surface area contributed by atoms with Crippen molar-refractivity contribution in [3.8, 4) is 5.75 Å². The summed E-state index contributed by atoms with van der Waals surface area (Å²) >= 11 is 0. The van der Waals surface area contributed by atoms with Crippen LogP contribution in [0.2, 0.25) is 0 Å². The molecular formula is C17H21NO4. The van der Waals surface area contributed by atoms with Crippen LogP contribution in [0.15, 0.2) is 18.2 Å². The zero-order valence-electron chi connectivity index (χ0n) is 13.1. The summed E-state index contributed by atoms with van der Waals surface area (Å²) in [6.07, 6.45) is 0.460. The highest BCUT2D eigenvalue weighted by Crippen LogP contribution is 2.44. The van der Waals surface area contributed by atoms with Gasteiger partial charge in [0, 0.05) is 24.1 Å². The second kappa shape index (κ2) is 5.09. The Labute approximate surface area is 129 Å². The quantitative estimate of drug-likeness (QED) is 0.850. The number of hydrogen-bond acceptors (Lipinski definition) is 4. The topological polar surface area (TPSA) is 66.8 Å². The van der Waals surface area contributed by atoms with Crippen molar-refractivity contribution < 1.29 is 19.4 Å². The van der Waals surface area contributed by atoms with Gasteiger partial charge in [0.1, 0.15) is 17.5 Å². The molecule has 5 heteroatoms. The highest BCUT2D eigenvalue weighted by atomic mass is 16.5. The lowest BCUT2D eigenvalue weighted by Gasteiger charge is -2.45. The summed E-state index contributed by atoms with van der Waals surface area (Å²) in [6, 6.07) is 4.75. The molecule has 2 heterocycles. The first-order valence-electron chi connectivity index (χ1n) is 7.62. The summed E-state index contributed by atoms with van der Waals surface area (Å²) in [5.41, 5.74) is 0.485. The van der Waals surface area contributed by atoms with Crippen molar-refractivity contribution in [3.05, 3.63) is 29.3 Å². The van der Waals surface area contributed by atoms with Gasteiger partial charge in [0.25, 0.3) is 0 Å². The summed E-state index contributed by atoms with van der Waals surface area (Å²) in [5, 5.41) is 10.7. The van der Waals surface area contributed by atoms with Crippen LogP contribution in [0.3, 0.4) is 0 Å². The molecule has 0 aromatic heterocycles. The van der Waals surface area contributed by atoms with Crippen molar-refractivity contribution >= 4 is 11.7 Å². The number of aliphatic hydroxyl groups is 1. The molecule has 0 saturated carbocycles. The number of aliphatic hydroxyl groups excluding tert-OH is 1. The average molecular weight is 303 g/mol. The number of ketones is 1. The van der Waals surface area contributed by atoms with Crippen LogP contribution in [0.1, 0.15) is 55.6 Å². The standard InChI is InChI=1S/C17H21NO4/c1-10(19)11-6-7-13-12(9-11)15(16(21)17(2,3)22-13)18-8-4-5-14(18)20/h6-7,9,15-16,21H,4-5,8H2,1-3H3/t15-,16+/m1/s1. The van der Waals surface area contributed by atoms with E-state index in [1.54, 1.807) is 23.1 Å². The van der Waals surface area contributed by atoms with E-state index in [0.717, 1.165) is 12.0 Å². The number of Topliss-reactive ketones (excluding diaryl/α,β-unsaturated/α-hetero) is 1. The summed E-state index contributed by atoms with van der Waals surface area (Å²) in [7, 11) is 0. The number of carbonyl (C=O) groups excluding carboxylic acids is 2. The fourth-order valence-corrected chi connectivity index (χ4v) is 3.29. The van der Waals surface area contributed by atoms with Crippen molar-refractivity contribution in [1.29, 1.82) is 0 Å². The Kier molecular flexibility index (Phi) is 3.48. The van der Waals surface area contributed by atoms with E-state index in [1.165, 1.54) is 6.92 Å². The molecule has 22 heavy (non-hydrogen) atoms. The molecule has 0 spiro atoms. The predicted molar refractivity (Wildman–Crippen MR) is 80.8 cm³/mol. The van der Waals surface area contributed by atoms with E-state index < -0.39 is 17.7 Å². The third-order valence-electron chi connectivity index (χ3n) is 4.57. The molecule has 1 N–H and O–H groups in total. The van der Waals surface area contributed by atoms with E-state index in [0.29, 0.717) is 24.3 Å². The number of benzene rings is 1. The summed E-state index contributed by atoms with van der Waals surface area (Å²) in [4.78, 5) is 25.5. The largest absolute Gasteiger partial charge is 0.485 e. The third-order valence-corrected chi connectivity index (χ3v) is 4.57. The van der Waals surface area contributed by atoms with Crippen molar-refractivity contribution in [3.63, 3.8) is 0 Å². The number of carbonyl (C=O) groups is 2. The van der Waals surface area contributed by atoms with Gasteiger partial charge in [0.05, 0.1) is 6.04 Å². The third kappa shape index (κ3) is 2.29. The molecule has 1 saturated heterocycles. The van der Waals surface area contributed by atoms with Crippen molar-refractivity contribution in [1.82, 2.24) is 4.90 Å². The van der Waals surface area contributed by atoms with Crippen LogP contribution in [-0.2, 0) is 4.79 Å². The first-order valence-corrected chi connectivity index (χ1v) is 7.62. The minimum absolute atomic E-state index is 0.0425. The molecule has 2 aliphatic heterocycles. The van der Waals surface area contributed by atoms with Gasteiger partial charge < -0.3 is 14.7 Å². The Morgan fingerprint density at radius 1 is 1.41 bits per heavy atom. The number of fused-ring (bicyclic) bond motifs is 1. The Bertz CT molecular complexity index is 638. The zero-order chi connectivity index (χ0) is 16.1. The first kappa shape index (κ1) is 15.0. The van der Waals surface area contributed by atoms with Crippen LogP contribution in [0, 0.1) is 0 Å². The molecule has 2 aliphatic rings. The minimum Gasteiger partial charge on any atom is -0.485 e. The number of ether oxygens (including phenoxy) is 1. The van der Waals surface area contributed by atoms with Gasteiger partial charge in [-0.05, 0) is 45.4 Å². The molecule has 5 nitrogen and oxygen atoms in total. The van der Waals surface area contributed by atoms with Gasteiger partial charge in [0.15, 0.2) is 5.78 Å². The molecule has 118 valence electrons. The van der Waals surface area contributed by atoms with Crippen LogP contribution >= 0.6 is 0 Å².